The largest absolute Gasteiger partial charge is 0.457 e. The van der Waals surface area contributed by atoms with Crippen LogP contribution < -0.4 is 10.5 Å². The number of sulfone groups is 1. The fourth-order valence-corrected chi connectivity index (χ4v) is 5.41. The van der Waals surface area contributed by atoms with Crippen LogP contribution in [0.2, 0.25) is 0 Å². The molecule has 10 heteroatoms. The van der Waals surface area contributed by atoms with Gasteiger partial charge in [-0.1, -0.05) is 67.6 Å². The number of benzene rings is 3. The van der Waals surface area contributed by atoms with E-state index in [2.05, 4.69) is 0 Å². The third kappa shape index (κ3) is 6.23. The molecule has 1 amide bonds. The summed E-state index contributed by atoms with van der Waals surface area (Å²) in [5.41, 5.74) is 6.82. The Morgan fingerprint density at radius 2 is 1.72 bits per heavy atom. The van der Waals surface area contributed by atoms with Crippen molar-refractivity contribution in [3.05, 3.63) is 120 Å². The molecule has 204 valence electrons. The van der Waals surface area contributed by atoms with E-state index < -0.39 is 45.8 Å². The van der Waals surface area contributed by atoms with Crippen LogP contribution in [-0.2, 0) is 19.4 Å². The highest BCUT2D eigenvalue weighted by Gasteiger charge is 2.46. The Labute approximate surface area is 224 Å². The van der Waals surface area contributed by atoms with Crippen molar-refractivity contribution in [2.45, 2.75) is 36.1 Å². The van der Waals surface area contributed by atoms with Crippen LogP contribution >= 0.6 is 0 Å². The average Bonchev–Trinajstić information content (AvgIpc) is 2.89. The Kier molecular flexibility index (Phi) is 8.27. The number of hydrogen-bond acceptors (Lipinski definition) is 5. The summed E-state index contributed by atoms with van der Waals surface area (Å²) in [6.07, 6.45) is 4.36. The minimum absolute atomic E-state index is 0.0686. The van der Waals surface area contributed by atoms with Gasteiger partial charge in [0.1, 0.15) is 11.6 Å². The smallest absolute Gasteiger partial charge is 0.348 e. The van der Waals surface area contributed by atoms with Crippen LogP contribution in [0.25, 0.3) is 0 Å². The fourth-order valence-electron chi connectivity index (χ4n) is 4.53. The van der Waals surface area contributed by atoms with Crippen LogP contribution in [0.5, 0.6) is 5.75 Å². The molecule has 6 nitrogen and oxygen atoms in total. The maximum Gasteiger partial charge on any atom is 0.348 e. The van der Waals surface area contributed by atoms with Gasteiger partial charge in [0.2, 0.25) is 11.7 Å². The molecular weight excluding hydrogens is 531 g/mol. The predicted octanol–water partition coefficient (Wildman–Crippen LogP) is 5.48. The van der Waals surface area contributed by atoms with Crippen molar-refractivity contribution >= 4 is 15.7 Å². The van der Waals surface area contributed by atoms with E-state index in [0.717, 1.165) is 6.07 Å². The van der Waals surface area contributed by atoms with Gasteiger partial charge in [-0.15, -0.1) is 0 Å². The standard InChI is InChI=1S/C29H26F3NO5S/c1-2-39(35,36)24-14-11-20(12-15-24)26(27(33)34)21-13-16-25(19-7-4-3-5-8-19)29(18-21,38-28(31)32)37-23-10-6-9-22(30)17-23/h3-18,25-26,28H,2H2,1H3,(H2,33,34). The van der Waals surface area contributed by atoms with Crippen LogP contribution in [0.1, 0.15) is 29.9 Å². The molecule has 3 aromatic rings. The van der Waals surface area contributed by atoms with Gasteiger partial charge < -0.3 is 10.5 Å². The lowest BCUT2D eigenvalue weighted by atomic mass is 9.79. The summed E-state index contributed by atoms with van der Waals surface area (Å²) >= 11 is 0. The van der Waals surface area contributed by atoms with Crippen molar-refractivity contribution in [3.63, 3.8) is 0 Å². The van der Waals surface area contributed by atoms with Crippen LogP contribution in [0.15, 0.2) is 108 Å². The normalized spacial score (nSPS) is 19.9. The first-order valence-corrected chi connectivity index (χ1v) is 13.7. The SMILES string of the molecule is CCS(=O)(=O)c1ccc(C(C(N)=O)C2=CC(Oc3cccc(F)c3)(OC(F)F)C(c3ccccc3)C=C2)cc1. The lowest BCUT2D eigenvalue weighted by Crippen LogP contribution is -2.46. The highest BCUT2D eigenvalue weighted by atomic mass is 32.2. The Morgan fingerprint density at radius 3 is 2.31 bits per heavy atom. The Hall–Kier alpha value is -3.89. The van der Waals surface area contributed by atoms with E-state index in [0.29, 0.717) is 11.1 Å². The lowest BCUT2D eigenvalue weighted by Gasteiger charge is -2.40. The molecule has 0 saturated carbocycles. The van der Waals surface area contributed by atoms with E-state index >= 15 is 0 Å². The van der Waals surface area contributed by atoms with Gasteiger partial charge in [0.05, 0.1) is 22.5 Å². The number of halogens is 3. The second-order valence-corrected chi connectivity index (χ2v) is 11.1. The van der Waals surface area contributed by atoms with Crippen molar-refractivity contribution in [1.82, 2.24) is 0 Å². The Morgan fingerprint density at radius 1 is 1.03 bits per heavy atom. The van der Waals surface area contributed by atoms with E-state index in [1.54, 1.807) is 42.5 Å². The molecule has 0 spiro atoms. The number of primary amides is 1. The zero-order valence-corrected chi connectivity index (χ0v) is 21.7. The molecule has 1 aliphatic carbocycles. The molecule has 3 unspecified atom stereocenters. The maximum absolute atomic E-state index is 14.0. The second-order valence-electron chi connectivity index (χ2n) is 8.86. The monoisotopic (exact) mass is 557 g/mol. The summed E-state index contributed by atoms with van der Waals surface area (Å²) in [6, 6.07) is 19.2. The number of nitrogens with two attached hydrogens (primary N) is 1. The van der Waals surface area contributed by atoms with Gasteiger partial charge in [-0.05, 0) is 47.0 Å². The van der Waals surface area contributed by atoms with Gasteiger partial charge in [-0.2, -0.15) is 8.78 Å². The van der Waals surface area contributed by atoms with E-state index in [1.807, 2.05) is 0 Å². The van der Waals surface area contributed by atoms with E-state index in [1.165, 1.54) is 55.5 Å². The molecule has 0 aliphatic heterocycles. The third-order valence-corrected chi connectivity index (χ3v) is 8.11. The molecule has 4 rings (SSSR count). The van der Waals surface area contributed by atoms with Gasteiger partial charge in [0, 0.05) is 6.07 Å². The van der Waals surface area contributed by atoms with Gasteiger partial charge in [0.25, 0.3) is 0 Å². The first kappa shape index (κ1) is 28.1. The molecule has 2 N–H and O–H groups in total. The number of carbonyl (C=O) groups is 1. The number of hydrogen-bond donors (Lipinski definition) is 1. The molecule has 0 aromatic heterocycles. The summed E-state index contributed by atoms with van der Waals surface area (Å²) in [4.78, 5) is 12.7. The van der Waals surface area contributed by atoms with Crippen molar-refractivity contribution in [2.24, 2.45) is 5.73 Å². The number of rotatable bonds is 10. The summed E-state index contributed by atoms with van der Waals surface area (Å²) in [5, 5.41) is 0. The molecule has 0 fully saturated rings. The van der Waals surface area contributed by atoms with Crippen LogP contribution in [0.4, 0.5) is 13.2 Å². The number of carbonyl (C=O) groups excluding carboxylic acids is 1. The highest BCUT2D eigenvalue weighted by molar-refractivity contribution is 7.91. The zero-order chi connectivity index (χ0) is 28.2. The number of alkyl halides is 2. The highest BCUT2D eigenvalue weighted by Crippen LogP contribution is 2.44. The van der Waals surface area contributed by atoms with Crippen LogP contribution in [-0.4, -0.2) is 32.5 Å². The molecule has 39 heavy (non-hydrogen) atoms. The van der Waals surface area contributed by atoms with Crippen molar-refractivity contribution in [3.8, 4) is 5.75 Å². The molecular formula is C29H26F3NO5S. The minimum Gasteiger partial charge on any atom is -0.457 e. The number of ether oxygens (including phenoxy) is 2. The summed E-state index contributed by atoms with van der Waals surface area (Å²) in [6.45, 7) is -1.79. The minimum atomic E-state index is -3.49. The maximum atomic E-state index is 14.0. The van der Waals surface area contributed by atoms with Gasteiger partial charge in [0.15, 0.2) is 9.84 Å². The summed E-state index contributed by atoms with van der Waals surface area (Å²) in [7, 11) is -3.49. The predicted molar refractivity (Wildman–Crippen MR) is 139 cm³/mol. The average molecular weight is 558 g/mol. The first-order valence-electron chi connectivity index (χ1n) is 12.0. The van der Waals surface area contributed by atoms with Gasteiger partial charge >= 0.3 is 6.61 Å². The molecule has 3 aromatic carbocycles. The first-order chi connectivity index (χ1) is 18.5. The number of allylic oxidation sites excluding steroid dienone is 1. The van der Waals surface area contributed by atoms with Gasteiger partial charge in [-0.25, -0.2) is 12.8 Å². The molecule has 1 aliphatic rings. The molecule has 0 bridgehead atoms. The second kappa shape index (κ2) is 11.5. The van der Waals surface area contributed by atoms with Crippen molar-refractivity contribution in [1.29, 1.82) is 0 Å². The quantitative estimate of drug-likeness (QED) is 0.333. The zero-order valence-electron chi connectivity index (χ0n) is 20.8. The van der Waals surface area contributed by atoms with E-state index in [4.69, 9.17) is 15.2 Å². The van der Waals surface area contributed by atoms with E-state index in [-0.39, 0.29) is 22.0 Å². The van der Waals surface area contributed by atoms with E-state index in [9.17, 15) is 26.4 Å². The molecule has 0 saturated heterocycles. The lowest BCUT2D eigenvalue weighted by molar-refractivity contribution is -0.263. The van der Waals surface area contributed by atoms with Crippen LogP contribution in [0, 0.1) is 5.82 Å². The number of amides is 1. The Bertz CT molecular complexity index is 1490. The summed E-state index contributed by atoms with van der Waals surface area (Å²) in [5.74, 6) is -5.93. The molecule has 0 radical (unpaired) electrons. The molecule has 0 heterocycles. The fraction of sp³-hybridized carbons (Fsp3) is 0.207. The topological polar surface area (TPSA) is 95.7 Å². The van der Waals surface area contributed by atoms with Crippen molar-refractivity contribution in [2.75, 3.05) is 5.75 Å². The molecule has 3 atom stereocenters. The van der Waals surface area contributed by atoms with Crippen molar-refractivity contribution < 1.29 is 35.9 Å². The Balaban J connectivity index is 1.86. The third-order valence-electron chi connectivity index (χ3n) is 6.36. The summed E-state index contributed by atoms with van der Waals surface area (Å²) < 4.78 is 77.5. The van der Waals surface area contributed by atoms with Crippen LogP contribution in [0.3, 0.4) is 0 Å². The van der Waals surface area contributed by atoms with Gasteiger partial charge in [-0.3, -0.25) is 9.53 Å².